The molecule has 0 saturated carbocycles. The summed E-state index contributed by atoms with van der Waals surface area (Å²) in [5, 5.41) is 3.67. The Morgan fingerprint density at radius 1 is 0.958 bits per heavy atom. The first-order valence-electron chi connectivity index (χ1n) is 7.20. The van der Waals surface area contributed by atoms with E-state index in [9.17, 15) is 13.2 Å². The Morgan fingerprint density at radius 3 is 2.08 bits per heavy atom. The van der Waals surface area contributed by atoms with Gasteiger partial charge in [-0.25, -0.2) is 8.42 Å². The lowest BCUT2D eigenvalue weighted by Gasteiger charge is -2.34. The molecule has 0 aromatic heterocycles. The molecule has 0 radical (unpaired) electrons. The number of nitrogens with one attached hydrogen (secondary N) is 1. The maximum Gasteiger partial charge on any atom is 0.244 e. The molecule has 1 fully saturated rings. The first-order valence-corrected chi connectivity index (χ1v) is 9.40. The smallest absolute Gasteiger partial charge is 0.244 e. The van der Waals surface area contributed by atoms with Crippen molar-refractivity contribution < 1.29 is 13.2 Å². The van der Waals surface area contributed by atoms with Crippen molar-refractivity contribution in [1.82, 2.24) is 9.62 Å². The molecule has 5 nitrogen and oxygen atoms in total. The van der Waals surface area contributed by atoms with E-state index >= 15 is 0 Å². The quantitative estimate of drug-likeness (QED) is 0.884. The van der Waals surface area contributed by atoms with E-state index in [0.29, 0.717) is 15.6 Å². The lowest BCUT2D eigenvalue weighted by molar-refractivity contribution is -0.126. The zero-order valence-corrected chi connectivity index (χ0v) is 14.8. The molecule has 24 heavy (non-hydrogen) atoms. The summed E-state index contributed by atoms with van der Waals surface area (Å²) in [6.45, 7) is 0.444. The summed E-state index contributed by atoms with van der Waals surface area (Å²) in [5.74, 6) is -0.360. The van der Waals surface area contributed by atoms with Crippen molar-refractivity contribution in [3.05, 3.63) is 64.1 Å². The third kappa shape index (κ3) is 3.28. The molecule has 2 aromatic carbocycles. The second-order valence-corrected chi connectivity index (χ2v) is 8.08. The van der Waals surface area contributed by atoms with Crippen molar-refractivity contribution in [3.8, 4) is 0 Å². The van der Waals surface area contributed by atoms with Gasteiger partial charge in [0.1, 0.15) is 6.04 Å². The fourth-order valence-electron chi connectivity index (χ4n) is 2.61. The number of rotatable bonds is 3. The predicted octanol–water partition coefficient (Wildman–Crippen LogP) is 2.86. The first kappa shape index (κ1) is 17.2. The van der Waals surface area contributed by atoms with Crippen LogP contribution >= 0.6 is 23.2 Å². The third-order valence-corrected chi connectivity index (χ3v) is 6.16. The van der Waals surface area contributed by atoms with Crippen molar-refractivity contribution in [2.75, 3.05) is 13.1 Å². The van der Waals surface area contributed by atoms with Crippen molar-refractivity contribution in [2.24, 2.45) is 0 Å². The molecule has 0 aliphatic carbocycles. The largest absolute Gasteiger partial charge is 0.353 e. The van der Waals surface area contributed by atoms with Crippen LogP contribution in [0.3, 0.4) is 0 Å². The third-order valence-electron chi connectivity index (χ3n) is 3.77. The lowest BCUT2D eigenvalue weighted by atomic mass is 10.1. The molecule has 3 rings (SSSR count). The average Bonchev–Trinajstić information content (AvgIpc) is 2.56. The highest BCUT2D eigenvalue weighted by atomic mass is 35.5. The predicted molar refractivity (Wildman–Crippen MR) is 92.5 cm³/mol. The Kier molecular flexibility index (Phi) is 4.83. The van der Waals surface area contributed by atoms with Crippen LogP contribution in [0.5, 0.6) is 0 Å². The molecule has 8 heteroatoms. The summed E-state index contributed by atoms with van der Waals surface area (Å²) in [5.41, 5.74) is 0.564. The van der Waals surface area contributed by atoms with Gasteiger partial charge < -0.3 is 5.32 Å². The highest BCUT2D eigenvalue weighted by Gasteiger charge is 2.39. The van der Waals surface area contributed by atoms with Gasteiger partial charge in [0.25, 0.3) is 0 Å². The molecule has 1 atom stereocenters. The molecule has 1 saturated heterocycles. The molecule has 126 valence electrons. The van der Waals surface area contributed by atoms with E-state index in [4.69, 9.17) is 23.2 Å². The highest BCUT2D eigenvalue weighted by Crippen LogP contribution is 2.30. The minimum absolute atomic E-state index is 0.0977. The number of carbonyl (C=O) groups excluding carboxylic acids is 1. The van der Waals surface area contributed by atoms with Gasteiger partial charge in [-0.3, -0.25) is 4.79 Å². The monoisotopic (exact) mass is 384 g/mol. The van der Waals surface area contributed by atoms with Crippen LogP contribution in [0.15, 0.2) is 53.4 Å². The Labute approximate surface area is 150 Å². The number of amides is 1. The summed E-state index contributed by atoms with van der Waals surface area (Å²) in [6, 6.07) is 11.5. The molecule has 1 heterocycles. The minimum Gasteiger partial charge on any atom is -0.353 e. The molecule has 0 spiro atoms. The maximum absolute atomic E-state index is 13.0. The van der Waals surface area contributed by atoms with Gasteiger partial charge >= 0.3 is 0 Å². The van der Waals surface area contributed by atoms with Crippen molar-refractivity contribution in [3.63, 3.8) is 0 Å². The van der Waals surface area contributed by atoms with E-state index in [1.165, 1.54) is 28.6 Å². The van der Waals surface area contributed by atoms with Crippen LogP contribution in [0, 0.1) is 0 Å². The zero-order valence-electron chi connectivity index (χ0n) is 12.4. The molecule has 0 bridgehead atoms. The molecular weight excluding hydrogens is 371 g/mol. The number of benzene rings is 2. The fraction of sp³-hybridized carbons (Fsp3) is 0.188. The van der Waals surface area contributed by atoms with Crippen LogP contribution in [0.25, 0.3) is 0 Å². The van der Waals surface area contributed by atoms with Crippen LogP contribution in [0.2, 0.25) is 10.0 Å². The van der Waals surface area contributed by atoms with E-state index < -0.39 is 16.1 Å². The normalized spacial score (nSPS) is 19.1. The van der Waals surface area contributed by atoms with Crippen LogP contribution < -0.4 is 5.32 Å². The fourth-order valence-corrected chi connectivity index (χ4v) is 4.44. The van der Waals surface area contributed by atoms with Crippen LogP contribution in [-0.2, 0) is 14.8 Å². The number of nitrogens with zero attached hydrogens (tertiary/aromatic N) is 1. The number of piperazine rings is 1. The van der Waals surface area contributed by atoms with Crippen LogP contribution in [0.4, 0.5) is 0 Å². The van der Waals surface area contributed by atoms with Gasteiger partial charge in [0.2, 0.25) is 15.9 Å². The highest BCUT2D eigenvalue weighted by molar-refractivity contribution is 7.89. The van der Waals surface area contributed by atoms with Gasteiger partial charge in [0.15, 0.2) is 0 Å². The zero-order chi connectivity index (χ0) is 17.3. The topological polar surface area (TPSA) is 66.5 Å². The standard InChI is InChI=1S/C16H14Cl2N2O3S/c17-12-3-1-11(2-4-12)15-16(21)19-9-10-20(15)24(22,23)14-7-5-13(18)6-8-14/h1-8,15H,9-10H2,(H,19,21). The van der Waals surface area contributed by atoms with Gasteiger partial charge in [0, 0.05) is 23.1 Å². The minimum atomic E-state index is -3.84. The number of halogens is 2. The number of hydrogen-bond acceptors (Lipinski definition) is 3. The van der Waals surface area contributed by atoms with Crippen molar-refractivity contribution in [1.29, 1.82) is 0 Å². The number of carbonyl (C=O) groups is 1. The van der Waals surface area contributed by atoms with E-state index in [-0.39, 0.29) is 23.9 Å². The van der Waals surface area contributed by atoms with Crippen LogP contribution in [-0.4, -0.2) is 31.7 Å². The van der Waals surface area contributed by atoms with Gasteiger partial charge in [-0.2, -0.15) is 4.31 Å². The molecule has 2 aromatic rings. The summed E-state index contributed by atoms with van der Waals surface area (Å²) in [4.78, 5) is 12.4. The molecule has 1 unspecified atom stereocenters. The van der Waals surface area contributed by atoms with Crippen LogP contribution in [0.1, 0.15) is 11.6 Å². The van der Waals surface area contributed by atoms with Crippen molar-refractivity contribution >= 4 is 39.1 Å². The molecule has 1 aliphatic heterocycles. The summed E-state index contributed by atoms with van der Waals surface area (Å²) >= 11 is 11.7. The summed E-state index contributed by atoms with van der Waals surface area (Å²) in [7, 11) is -3.84. The van der Waals surface area contributed by atoms with Gasteiger partial charge in [-0.05, 0) is 42.0 Å². The van der Waals surface area contributed by atoms with E-state index in [1.807, 2.05) is 0 Å². The Hall–Kier alpha value is -1.60. The Bertz CT molecular complexity index is 852. The van der Waals surface area contributed by atoms with Gasteiger partial charge in [-0.15, -0.1) is 0 Å². The molecular formula is C16H14Cl2N2O3S. The molecule has 1 N–H and O–H groups in total. The summed E-state index contributed by atoms with van der Waals surface area (Å²) < 4.78 is 27.1. The Balaban J connectivity index is 2.04. The average molecular weight is 385 g/mol. The SMILES string of the molecule is O=C1NCCN(S(=O)(=O)c2ccc(Cl)cc2)C1c1ccc(Cl)cc1. The van der Waals surface area contributed by atoms with Gasteiger partial charge in [0.05, 0.1) is 4.90 Å². The number of sulfonamides is 1. The summed E-state index contributed by atoms with van der Waals surface area (Å²) in [6.07, 6.45) is 0. The van der Waals surface area contributed by atoms with E-state index in [2.05, 4.69) is 5.32 Å². The van der Waals surface area contributed by atoms with Gasteiger partial charge in [-0.1, -0.05) is 35.3 Å². The van der Waals surface area contributed by atoms with Crippen molar-refractivity contribution in [2.45, 2.75) is 10.9 Å². The van der Waals surface area contributed by atoms with E-state index in [1.54, 1.807) is 24.3 Å². The maximum atomic E-state index is 13.0. The van der Waals surface area contributed by atoms with E-state index in [0.717, 1.165) is 0 Å². The molecule has 1 amide bonds. The first-order chi connectivity index (χ1) is 11.4. The number of hydrogen-bond donors (Lipinski definition) is 1. The Morgan fingerprint density at radius 2 is 1.50 bits per heavy atom. The lowest BCUT2D eigenvalue weighted by Crippen LogP contribution is -2.52. The second-order valence-electron chi connectivity index (χ2n) is 5.31. The molecule has 1 aliphatic rings. The second kappa shape index (κ2) is 6.72.